The Bertz CT molecular complexity index is 590. The van der Waals surface area contributed by atoms with Crippen molar-refractivity contribution in [1.29, 1.82) is 0 Å². The third-order valence-corrected chi connectivity index (χ3v) is 3.00. The van der Waals surface area contributed by atoms with E-state index in [9.17, 15) is 0 Å². The van der Waals surface area contributed by atoms with Gasteiger partial charge in [0.15, 0.2) is 11.5 Å². The van der Waals surface area contributed by atoms with Crippen molar-refractivity contribution in [2.24, 2.45) is 0 Å². The van der Waals surface area contributed by atoms with Gasteiger partial charge in [0.1, 0.15) is 5.15 Å². The molecule has 1 aromatic heterocycles. The maximum Gasteiger partial charge on any atom is 0.224 e. The van der Waals surface area contributed by atoms with Crippen LogP contribution in [0.15, 0.2) is 6.07 Å². The van der Waals surface area contributed by atoms with Crippen LogP contribution in [0.25, 0.3) is 10.9 Å². The minimum Gasteiger partial charge on any atom is -0.493 e. The Morgan fingerprint density at radius 1 is 1.06 bits per heavy atom. The summed E-state index contributed by atoms with van der Waals surface area (Å²) >= 11 is 17.9. The number of halogens is 3. The third kappa shape index (κ3) is 2.08. The van der Waals surface area contributed by atoms with Crippen molar-refractivity contribution >= 4 is 45.7 Å². The van der Waals surface area contributed by atoms with E-state index in [4.69, 9.17) is 44.3 Å². The van der Waals surface area contributed by atoms with Crippen LogP contribution >= 0.6 is 34.8 Å². The highest BCUT2D eigenvalue weighted by Crippen LogP contribution is 2.42. The lowest BCUT2D eigenvalue weighted by molar-refractivity contribution is 0.356. The summed E-state index contributed by atoms with van der Waals surface area (Å²) in [6.45, 7) is 0. The van der Waals surface area contributed by atoms with Crippen LogP contribution in [0, 0.1) is 0 Å². The number of nitrogens with zero attached hydrogens (tertiary/aromatic N) is 2. The number of ether oxygens (including phenoxy) is 2. The monoisotopic (exact) mass is 292 g/mol. The summed E-state index contributed by atoms with van der Waals surface area (Å²) in [5, 5.41) is 0.996. The Morgan fingerprint density at radius 3 is 2.35 bits per heavy atom. The molecule has 1 heterocycles. The lowest BCUT2D eigenvalue weighted by Crippen LogP contribution is -1.95. The van der Waals surface area contributed by atoms with Gasteiger partial charge in [0.25, 0.3) is 0 Å². The fraction of sp³-hybridized carbons (Fsp3) is 0.200. The molecule has 0 radical (unpaired) electrons. The van der Waals surface area contributed by atoms with Crippen LogP contribution in [0.5, 0.6) is 11.5 Å². The SMILES string of the molecule is COc1cc2nc(Cl)nc(Cl)c2c(Cl)c1OC. The molecule has 0 N–H and O–H groups in total. The molecule has 17 heavy (non-hydrogen) atoms. The molecule has 90 valence electrons. The van der Waals surface area contributed by atoms with Gasteiger partial charge in [0.05, 0.1) is 30.1 Å². The molecule has 4 nitrogen and oxygen atoms in total. The zero-order chi connectivity index (χ0) is 12.6. The van der Waals surface area contributed by atoms with Crippen LogP contribution < -0.4 is 9.47 Å². The number of fused-ring (bicyclic) bond motifs is 1. The fourth-order valence-electron chi connectivity index (χ4n) is 1.48. The second-order valence-electron chi connectivity index (χ2n) is 3.10. The second kappa shape index (κ2) is 4.72. The largest absolute Gasteiger partial charge is 0.493 e. The highest BCUT2D eigenvalue weighted by Gasteiger charge is 2.17. The van der Waals surface area contributed by atoms with Gasteiger partial charge in [-0.1, -0.05) is 23.2 Å². The van der Waals surface area contributed by atoms with E-state index < -0.39 is 0 Å². The zero-order valence-corrected chi connectivity index (χ0v) is 11.2. The first-order chi connectivity index (χ1) is 8.08. The van der Waals surface area contributed by atoms with Crippen LogP contribution in [0.1, 0.15) is 0 Å². The highest BCUT2D eigenvalue weighted by atomic mass is 35.5. The van der Waals surface area contributed by atoms with Gasteiger partial charge in [-0.3, -0.25) is 0 Å². The van der Waals surface area contributed by atoms with Crippen molar-refractivity contribution in [3.8, 4) is 11.5 Å². The van der Waals surface area contributed by atoms with E-state index in [1.54, 1.807) is 6.07 Å². The third-order valence-electron chi connectivity index (χ3n) is 2.20. The molecule has 0 saturated heterocycles. The quantitative estimate of drug-likeness (QED) is 0.627. The van der Waals surface area contributed by atoms with Gasteiger partial charge >= 0.3 is 0 Å². The molecule has 0 saturated carbocycles. The molecule has 0 aliphatic carbocycles. The molecule has 1 aromatic carbocycles. The van der Waals surface area contributed by atoms with Gasteiger partial charge in [-0.2, -0.15) is 0 Å². The molecule has 0 fully saturated rings. The second-order valence-corrected chi connectivity index (χ2v) is 4.18. The molecular formula is C10H7Cl3N2O2. The maximum absolute atomic E-state index is 6.17. The van der Waals surface area contributed by atoms with Gasteiger partial charge in [-0.15, -0.1) is 0 Å². The zero-order valence-electron chi connectivity index (χ0n) is 8.92. The summed E-state index contributed by atoms with van der Waals surface area (Å²) in [6, 6.07) is 1.64. The first kappa shape index (κ1) is 12.5. The lowest BCUT2D eigenvalue weighted by atomic mass is 10.2. The average molecular weight is 294 g/mol. The number of rotatable bonds is 2. The molecule has 0 aliphatic rings. The van der Waals surface area contributed by atoms with Crippen LogP contribution in [-0.2, 0) is 0 Å². The summed E-state index contributed by atoms with van der Waals surface area (Å²) in [7, 11) is 2.99. The first-order valence-corrected chi connectivity index (χ1v) is 5.65. The predicted molar refractivity (Wildman–Crippen MR) is 67.7 cm³/mol. The molecule has 0 aliphatic heterocycles. The summed E-state index contributed by atoms with van der Waals surface area (Å²) in [5.41, 5.74) is 0.498. The topological polar surface area (TPSA) is 44.2 Å². The number of aromatic nitrogens is 2. The van der Waals surface area contributed by atoms with Gasteiger partial charge in [0.2, 0.25) is 5.28 Å². The average Bonchev–Trinajstić information content (AvgIpc) is 2.27. The van der Waals surface area contributed by atoms with Crippen LogP contribution in [0.2, 0.25) is 15.5 Å². The summed E-state index contributed by atoms with van der Waals surface area (Å²) in [4.78, 5) is 7.86. The molecule has 0 amide bonds. The van der Waals surface area contributed by atoms with Crippen LogP contribution in [0.3, 0.4) is 0 Å². The Balaban J connectivity index is 2.90. The van der Waals surface area contributed by atoms with E-state index in [0.29, 0.717) is 27.4 Å². The van der Waals surface area contributed by atoms with Gasteiger partial charge in [-0.05, 0) is 11.6 Å². The standard InChI is InChI=1S/C10H7Cl3N2O2/c1-16-5-3-4-6(7(11)8(5)17-2)9(12)15-10(13)14-4/h3H,1-2H3. The van der Waals surface area contributed by atoms with Crippen molar-refractivity contribution < 1.29 is 9.47 Å². The Hall–Kier alpha value is -0.970. The summed E-state index contributed by atoms with van der Waals surface area (Å²) < 4.78 is 10.3. The molecule has 0 unspecified atom stereocenters. The Labute approximate surface area is 112 Å². The molecule has 7 heteroatoms. The van der Waals surface area contributed by atoms with Crippen LogP contribution in [-0.4, -0.2) is 24.2 Å². The molecule has 0 atom stereocenters. The Kier molecular flexibility index (Phi) is 3.47. The number of hydrogen-bond acceptors (Lipinski definition) is 4. The van der Waals surface area contributed by atoms with Gasteiger partial charge in [-0.25, -0.2) is 9.97 Å². The molecule has 2 rings (SSSR count). The van der Waals surface area contributed by atoms with E-state index in [0.717, 1.165) is 0 Å². The van der Waals surface area contributed by atoms with Crippen molar-refractivity contribution in [2.45, 2.75) is 0 Å². The number of methoxy groups -OCH3 is 2. The fourth-order valence-corrected chi connectivity index (χ4v) is 2.38. The molecule has 0 spiro atoms. The first-order valence-electron chi connectivity index (χ1n) is 4.51. The molecule has 0 bridgehead atoms. The van der Waals surface area contributed by atoms with Gasteiger partial charge < -0.3 is 9.47 Å². The minimum absolute atomic E-state index is 0.0470. The normalized spacial score (nSPS) is 10.6. The van der Waals surface area contributed by atoms with Crippen LogP contribution in [0.4, 0.5) is 0 Å². The van der Waals surface area contributed by atoms with E-state index in [2.05, 4.69) is 9.97 Å². The van der Waals surface area contributed by atoms with Crippen molar-refractivity contribution in [3.05, 3.63) is 21.5 Å². The van der Waals surface area contributed by atoms with E-state index in [1.807, 2.05) is 0 Å². The summed E-state index contributed by atoms with van der Waals surface area (Å²) in [6.07, 6.45) is 0. The van der Waals surface area contributed by atoms with E-state index in [1.165, 1.54) is 14.2 Å². The predicted octanol–water partition coefficient (Wildman–Crippen LogP) is 3.61. The summed E-state index contributed by atoms with van der Waals surface area (Å²) in [5.74, 6) is 0.838. The van der Waals surface area contributed by atoms with E-state index in [-0.39, 0.29) is 10.4 Å². The highest BCUT2D eigenvalue weighted by molar-refractivity contribution is 6.43. The minimum atomic E-state index is 0.0470. The van der Waals surface area contributed by atoms with Gasteiger partial charge in [0, 0.05) is 6.07 Å². The smallest absolute Gasteiger partial charge is 0.224 e. The maximum atomic E-state index is 6.17. The van der Waals surface area contributed by atoms with E-state index >= 15 is 0 Å². The van der Waals surface area contributed by atoms with Crippen molar-refractivity contribution in [3.63, 3.8) is 0 Å². The lowest BCUT2D eigenvalue weighted by Gasteiger charge is -2.12. The number of hydrogen-bond donors (Lipinski definition) is 0. The van der Waals surface area contributed by atoms with Crippen molar-refractivity contribution in [2.75, 3.05) is 14.2 Å². The molecule has 2 aromatic rings. The Morgan fingerprint density at radius 2 is 1.76 bits per heavy atom. The molecular weight excluding hydrogens is 286 g/mol. The van der Waals surface area contributed by atoms with Crippen molar-refractivity contribution in [1.82, 2.24) is 9.97 Å². The number of benzene rings is 1.